The predicted octanol–water partition coefficient (Wildman–Crippen LogP) is 5.74. The molecule has 0 aromatic rings. The molecular weight excluding hydrogens is 1070 g/mol. The molecule has 4 aliphatic rings. The number of carbonyl (C=O) groups excluding carboxylic acids is 4. The van der Waals surface area contributed by atoms with E-state index in [-0.39, 0.29) is 54.6 Å². The van der Waals surface area contributed by atoms with Crippen molar-refractivity contribution in [3.63, 3.8) is 0 Å². The molecule has 6 N–H and O–H groups in total. The minimum absolute atomic E-state index is 0.0316. The van der Waals surface area contributed by atoms with E-state index in [0.717, 1.165) is 18.6 Å². The van der Waals surface area contributed by atoms with Gasteiger partial charge in [0, 0.05) is 61.1 Å². The van der Waals surface area contributed by atoms with Crippen LogP contribution < -0.4 is 5.32 Å². The number of nitrogens with zero attached hydrogens (tertiary/aromatic N) is 2. The summed E-state index contributed by atoms with van der Waals surface area (Å²) in [4.78, 5) is 72.1. The van der Waals surface area contributed by atoms with Gasteiger partial charge in [0.15, 0.2) is 18.7 Å². The molecule has 0 aromatic heterocycles. The Bertz CT molecular complexity index is 1950. The smallest absolute Gasteiger partial charge is 0.327 e. The van der Waals surface area contributed by atoms with Crippen molar-refractivity contribution in [3.05, 3.63) is 0 Å². The zero-order valence-corrected chi connectivity index (χ0v) is 51.8. The summed E-state index contributed by atoms with van der Waals surface area (Å²) in [5.41, 5.74) is -4.87. The Labute approximate surface area is 474 Å². The molecule has 4 saturated heterocycles. The topological polar surface area (TPSA) is 260 Å². The van der Waals surface area contributed by atoms with Gasteiger partial charge in [0.2, 0.25) is 17.5 Å². The normalized spacial score (nSPS) is 42.0. The number of hydrogen-bond donors (Lipinski definition) is 6. The molecule has 446 valence electrons. The van der Waals surface area contributed by atoms with Crippen LogP contribution >= 0.6 is 43.2 Å². The number of rotatable bonds is 14. The van der Waals surface area contributed by atoms with Crippen molar-refractivity contribution >= 4 is 72.6 Å². The van der Waals surface area contributed by atoms with Gasteiger partial charge in [-0.2, -0.15) is 0 Å². The van der Waals surface area contributed by atoms with Crippen LogP contribution in [0.2, 0.25) is 0 Å². The summed E-state index contributed by atoms with van der Waals surface area (Å²) < 4.78 is 38.2. The average Bonchev–Trinajstić information content (AvgIpc) is 3.34. The molecule has 19 nitrogen and oxygen atoms in total. The maximum absolute atomic E-state index is 14.8. The van der Waals surface area contributed by atoms with Gasteiger partial charge in [-0.1, -0.05) is 77.3 Å². The van der Waals surface area contributed by atoms with Crippen LogP contribution in [0.1, 0.15) is 141 Å². The Morgan fingerprint density at radius 3 is 2.17 bits per heavy atom. The van der Waals surface area contributed by atoms with E-state index in [1.54, 1.807) is 90.9 Å². The number of amides is 1. The highest BCUT2D eigenvalue weighted by atomic mass is 33.1. The van der Waals surface area contributed by atoms with Crippen LogP contribution in [0.3, 0.4) is 0 Å². The second-order valence-corrected chi connectivity index (χ2v) is 29.6. The summed E-state index contributed by atoms with van der Waals surface area (Å²) in [7, 11) is 13.1. The van der Waals surface area contributed by atoms with E-state index in [1.807, 2.05) is 37.7 Å². The highest BCUT2D eigenvalue weighted by molar-refractivity contribution is 8.77. The number of ketones is 2. The molecule has 0 aliphatic carbocycles. The fourth-order valence-corrected chi connectivity index (χ4v) is 17.1. The van der Waals surface area contributed by atoms with Crippen molar-refractivity contribution < 1.29 is 77.9 Å². The van der Waals surface area contributed by atoms with E-state index < -0.39 is 130 Å². The summed E-state index contributed by atoms with van der Waals surface area (Å²) in [6, 6.07) is -2.09. The van der Waals surface area contributed by atoms with Gasteiger partial charge in [-0.15, -0.1) is 0 Å². The summed E-state index contributed by atoms with van der Waals surface area (Å²) in [5.74, 6) is -6.36. The van der Waals surface area contributed by atoms with E-state index in [9.17, 15) is 49.5 Å². The minimum Gasteiger partial charge on any atom is -0.480 e. The van der Waals surface area contributed by atoms with Crippen molar-refractivity contribution in [2.24, 2.45) is 23.7 Å². The van der Waals surface area contributed by atoms with Crippen LogP contribution in [0.25, 0.3) is 0 Å². The van der Waals surface area contributed by atoms with E-state index in [2.05, 4.69) is 5.32 Å². The number of methoxy groups -OCH3 is 1. The molecule has 1 amide bonds. The fourth-order valence-electron chi connectivity index (χ4n) is 11.5. The van der Waals surface area contributed by atoms with Gasteiger partial charge in [-0.25, -0.2) is 4.79 Å². The lowest BCUT2D eigenvalue weighted by Gasteiger charge is -2.49. The molecule has 0 radical (unpaired) electrons. The van der Waals surface area contributed by atoms with Gasteiger partial charge in [0.1, 0.15) is 12.1 Å². The van der Waals surface area contributed by atoms with Crippen molar-refractivity contribution in [2.75, 3.05) is 46.3 Å². The monoisotopic (exact) mass is 1170 g/mol. The van der Waals surface area contributed by atoms with Crippen molar-refractivity contribution in [2.45, 2.75) is 241 Å². The largest absolute Gasteiger partial charge is 0.480 e. The third-order valence-corrected chi connectivity index (χ3v) is 22.6. The second-order valence-electron chi connectivity index (χ2n) is 23.8. The van der Waals surface area contributed by atoms with Gasteiger partial charge in [-0.05, 0) is 121 Å². The number of Topliss-reactive ketones (excluding diaryl/α,β-unsaturated/α-hetero) is 2. The Kier molecular flexibility index (Phi) is 26.0. The van der Waals surface area contributed by atoms with Crippen LogP contribution in [0.5, 0.6) is 0 Å². The molecule has 4 heterocycles. The van der Waals surface area contributed by atoms with Gasteiger partial charge in [-0.3, -0.25) is 19.2 Å². The number of esters is 1. The number of carboxylic acids is 1. The first-order chi connectivity index (χ1) is 35.7. The van der Waals surface area contributed by atoms with E-state index in [4.69, 9.17) is 28.4 Å². The number of aliphatic hydroxyl groups excluding tert-OH is 2. The van der Waals surface area contributed by atoms with Crippen molar-refractivity contribution in [1.29, 1.82) is 0 Å². The van der Waals surface area contributed by atoms with Gasteiger partial charge in [0.25, 0.3) is 0 Å². The lowest BCUT2D eigenvalue weighted by molar-refractivity contribution is -0.318. The zero-order valence-electron chi connectivity index (χ0n) is 48.6. The molecule has 20 atom stereocenters. The third kappa shape index (κ3) is 17.9. The Balaban J connectivity index is 1.69. The van der Waals surface area contributed by atoms with Crippen LogP contribution in [0.4, 0.5) is 0 Å². The third-order valence-electron chi connectivity index (χ3n) is 16.4. The lowest BCUT2D eigenvalue weighted by Crippen LogP contribution is -2.61. The summed E-state index contributed by atoms with van der Waals surface area (Å²) >= 11 is 0. The van der Waals surface area contributed by atoms with Crippen LogP contribution in [0.15, 0.2) is 0 Å². The van der Waals surface area contributed by atoms with Gasteiger partial charge >= 0.3 is 11.9 Å². The summed E-state index contributed by atoms with van der Waals surface area (Å²) in [6.45, 7) is 20.9. The number of likely N-dealkylation sites (N-methyl/N-ethyl adjacent to an activating group) is 2. The predicted molar refractivity (Wildman–Crippen MR) is 302 cm³/mol. The van der Waals surface area contributed by atoms with Crippen molar-refractivity contribution in [3.8, 4) is 0 Å². The molecule has 4 aliphatic heterocycles. The number of carbonyl (C=O) groups is 5. The number of aliphatic carboxylic acids is 1. The van der Waals surface area contributed by atoms with E-state index >= 15 is 0 Å². The summed E-state index contributed by atoms with van der Waals surface area (Å²) in [5, 5.41) is 60.6. The number of hydrogen-bond acceptors (Lipinski definition) is 21. The summed E-state index contributed by atoms with van der Waals surface area (Å²) in [6.07, 6.45) is -5.82. The molecule has 4 fully saturated rings. The highest BCUT2D eigenvalue weighted by Crippen LogP contribution is 2.43. The number of aliphatic hydroxyl groups is 4. The first-order valence-corrected chi connectivity index (χ1v) is 32.2. The highest BCUT2D eigenvalue weighted by Gasteiger charge is 2.54. The molecule has 4 rings (SSSR count). The molecule has 23 heteroatoms. The molecule has 0 bridgehead atoms. The van der Waals surface area contributed by atoms with Crippen molar-refractivity contribution in [1.82, 2.24) is 15.1 Å². The number of carboxylic acid groups (broad SMARTS) is 1. The second kappa shape index (κ2) is 29.3. The first-order valence-electron chi connectivity index (χ1n) is 27.5. The SMILES string of the molecule is CC[C@H]1C(=O)C(=O)[C@H](C)[C@@H](O[C@H]2C[C@@](C)(OC)[C@@H](O)[C@H](C)O2)[C@H](C)[C@@H](O[C@@H]2O[C@H](C)C[C@H](N(C)C)[C@H]2OC(=O)CCCC[C@H]2CCSSC(C)(C)C(=O)N[C@@H](C(=O)O)CSS2)[C@](C)(O)C[C@@H](C)CN(C)[C@H](C)[C@@H](O)[C@@]1(C)O. The molecule has 0 aromatic carbocycles. The standard InChI is InChI=1S/C54H95N3O16S4/c1-17-36-42(60)41(59)31(4)43(72-40-26-53(11,68-16)46(62)34(7)70-40)32(5)47(52(10,66)25-29(2)27-57(15)33(6)45(61)54(36,12)67)73-49-44(38(56(13)14)24-30(3)69-49)71-39(58)21-19-18-20-35-22-23-74-77-51(8,9)50(65)55-37(48(63)64)28-75-76-35/h29-38,40,43-47,49,61-62,66-67H,17-28H2,1-16H3,(H,55,65)(H,63,64)/t29-,30-,31+,32+,33-,34+,35+,36+,37-,38+,40+,43-,44-,45-,46+,47-,49+,52-,53-,54+/m1/s1. The number of unbranched alkanes of at least 4 members (excludes halogenated alkanes) is 1. The minimum atomic E-state index is -2.01. The maximum atomic E-state index is 14.8. The zero-order chi connectivity index (χ0) is 58.1. The Morgan fingerprint density at radius 2 is 1.56 bits per heavy atom. The fraction of sp³-hybridized carbons (Fsp3) is 0.907. The maximum Gasteiger partial charge on any atom is 0.327 e. The number of nitrogens with one attached hydrogen (secondary N) is 1. The van der Waals surface area contributed by atoms with Gasteiger partial charge < -0.3 is 69.1 Å². The van der Waals surface area contributed by atoms with E-state index in [1.165, 1.54) is 35.6 Å². The molecule has 0 unspecified atom stereocenters. The average molecular weight is 1170 g/mol. The molecule has 0 saturated carbocycles. The quantitative estimate of drug-likeness (QED) is 0.0525. The molecular formula is C54H95N3O16S4. The van der Waals surface area contributed by atoms with Crippen LogP contribution in [-0.4, -0.2) is 211 Å². The molecule has 0 spiro atoms. The Morgan fingerprint density at radius 1 is 0.896 bits per heavy atom. The van der Waals surface area contributed by atoms with Crippen LogP contribution in [0, 0.1) is 23.7 Å². The van der Waals surface area contributed by atoms with E-state index in [0.29, 0.717) is 25.8 Å². The lowest BCUT2D eigenvalue weighted by atomic mass is 9.73. The van der Waals surface area contributed by atoms with Gasteiger partial charge in [0.05, 0.1) is 64.0 Å². The van der Waals surface area contributed by atoms with Crippen LogP contribution in [-0.2, 0) is 52.4 Å². The number of ether oxygens (including phenoxy) is 6. The Hall–Kier alpha value is -1.29. The molecule has 77 heavy (non-hydrogen) atoms. The first kappa shape index (κ1) is 68.2.